The second kappa shape index (κ2) is 12.9. The number of hydrogen-bond donors (Lipinski definition) is 2. The molecule has 1 fully saturated rings. The van der Waals surface area contributed by atoms with Crippen LogP contribution in [0.5, 0.6) is 0 Å². The number of benzene rings is 3. The van der Waals surface area contributed by atoms with Crippen LogP contribution in [0.2, 0.25) is 5.02 Å². The normalized spacial score (nSPS) is 16.5. The van der Waals surface area contributed by atoms with Crippen molar-refractivity contribution in [3.63, 3.8) is 0 Å². The predicted molar refractivity (Wildman–Crippen MR) is 180 cm³/mol. The molecule has 1 saturated carbocycles. The van der Waals surface area contributed by atoms with E-state index >= 15 is 0 Å². The van der Waals surface area contributed by atoms with Crippen molar-refractivity contribution in [2.45, 2.75) is 47.9 Å². The first-order chi connectivity index (χ1) is 19.6. The average Bonchev–Trinajstić information content (AvgIpc) is 3.70. The molecule has 0 spiro atoms. The van der Waals surface area contributed by atoms with Crippen molar-refractivity contribution < 1.29 is 15.0 Å². The largest absolute Gasteiger partial charge is 0.481 e. The number of pyridine rings is 1. The van der Waals surface area contributed by atoms with Gasteiger partial charge < -0.3 is 10.2 Å². The third-order valence-corrected chi connectivity index (χ3v) is 10.2. The number of halogens is 2. The number of carboxylic acid groups (broad SMARTS) is 1. The van der Waals surface area contributed by atoms with Crippen LogP contribution in [0.15, 0.2) is 78.9 Å². The van der Waals surface area contributed by atoms with Gasteiger partial charge in [-0.1, -0.05) is 78.3 Å². The minimum Gasteiger partial charge on any atom is -0.481 e. The maximum Gasteiger partial charge on any atom is 0.303 e. The van der Waals surface area contributed by atoms with Crippen molar-refractivity contribution in [3.05, 3.63) is 112 Å². The SMILES string of the molecule is CC(O)(I)c1ccccc1CC[C@@H](SCC1(CC(=O)O)CC1)c1cccc(/C=C/c2ccc3ccc(Cl)cc3n2)c1. The molecule has 0 amide bonds. The van der Waals surface area contributed by atoms with Crippen molar-refractivity contribution in [3.8, 4) is 0 Å². The summed E-state index contributed by atoms with van der Waals surface area (Å²) in [6, 6.07) is 26.4. The van der Waals surface area contributed by atoms with Gasteiger partial charge in [0.15, 0.2) is 0 Å². The highest BCUT2D eigenvalue weighted by molar-refractivity contribution is 14.1. The van der Waals surface area contributed by atoms with Gasteiger partial charge in [0.2, 0.25) is 0 Å². The van der Waals surface area contributed by atoms with Crippen LogP contribution in [0.25, 0.3) is 23.1 Å². The summed E-state index contributed by atoms with van der Waals surface area (Å²) in [7, 11) is 0. The summed E-state index contributed by atoms with van der Waals surface area (Å²) in [6.07, 6.45) is 8.00. The van der Waals surface area contributed by atoms with Gasteiger partial charge in [0.05, 0.1) is 17.6 Å². The maximum atomic E-state index is 11.5. The van der Waals surface area contributed by atoms with E-state index in [4.69, 9.17) is 16.6 Å². The van der Waals surface area contributed by atoms with Gasteiger partial charge in [-0.2, -0.15) is 11.8 Å². The molecule has 5 rings (SSSR count). The van der Waals surface area contributed by atoms with Crippen LogP contribution in [-0.4, -0.2) is 26.9 Å². The highest BCUT2D eigenvalue weighted by Crippen LogP contribution is 2.53. The zero-order valence-electron chi connectivity index (χ0n) is 22.9. The lowest BCUT2D eigenvalue weighted by atomic mass is 9.96. The number of aromatic nitrogens is 1. The van der Waals surface area contributed by atoms with Crippen molar-refractivity contribution in [2.75, 3.05) is 5.75 Å². The van der Waals surface area contributed by atoms with Crippen molar-refractivity contribution >= 4 is 75.0 Å². The van der Waals surface area contributed by atoms with Crippen LogP contribution < -0.4 is 0 Å². The number of nitrogens with zero attached hydrogens (tertiary/aromatic N) is 1. The van der Waals surface area contributed by atoms with E-state index in [-0.39, 0.29) is 17.1 Å². The van der Waals surface area contributed by atoms with E-state index in [0.717, 1.165) is 64.7 Å². The van der Waals surface area contributed by atoms with Crippen LogP contribution in [0.3, 0.4) is 0 Å². The Morgan fingerprint density at radius 1 is 1.10 bits per heavy atom. The molecule has 4 nitrogen and oxygen atoms in total. The van der Waals surface area contributed by atoms with Crippen LogP contribution >= 0.6 is 46.0 Å². The van der Waals surface area contributed by atoms with Gasteiger partial charge in [0.1, 0.15) is 3.61 Å². The molecule has 1 heterocycles. The zero-order valence-corrected chi connectivity index (χ0v) is 26.6. The third-order valence-electron chi connectivity index (χ3n) is 7.66. The van der Waals surface area contributed by atoms with E-state index in [1.807, 2.05) is 67.2 Å². The van der Waals surface area contributed by atoms with Crippen LogP contribution in [0, 0.1) is 5.41 Å². The topological polar surface area (TPSA) is 70.4 Å². The molecule has 4 aromatic rings. The lowest BCUT2D eigenvalue weighted by molar-refractivity contribution is -0.138. The molecule has 2 N–H and O–H groups in total. The van der Waals surface area contributed by atoms with Gasteiger partial charge >= 0.3 is 5.97 Å². The van der Waals surface area contributed by atoms with Crippen LogP contribution in [0.4, 0.5) is 0 Å². The van der Waals surface area contributed by atoms with E-state index in [1.165, 1.54) is 5.56 Å². The van der Waals surface area contributed by atoms with E-state index in [9.17, 15) is 15.0 Å². The monoisotopic (exact) mass is 697 g/mol. The summed E-state index contributed by atoms with van der Waals surface area (Å²) in [5.74, 6) is 0.119. The Balaban J connectivity index is 1.37. The first-order valence-electron chi connectivity index (χ1n) is 13.8. The molecule has 212 valence electrons. The Morgan fingerprint density at radius 2 is 1.88 bits per heavy atom. The number of aryl methyl sites for hydroxylation is 1. The highest BCUT2D eigenvalue weighted by Gasteiger charge is 2.44. The number of thioether (sulfide) groups is 1. The summed E-state index contributed by atoms with van der Waals surface area (Å²) in [6.45, 7) is 1.82. The molecule has 2 atom stereocenters. The Morgan fingerprint density at radius 3 is 2.63 bits per heavy atom. The summed E-state index contributed by atoms with van der Waals surface area (Å²) in [5, 5.41) is 22.1. The van der Waals surface area contributed by atoms with E-state index in [2.05, 4.69) is 65.1 Å². The molecule has 0 aliphatic heterocycles. The van der Waals surface area contributed by atoms with Gasteiger partial charge in [-0.15, -0.1) is 0 Å². The second-order valence-corrected chi connectivity index (χ2v) is 14.8. The van der Waals surface area contributed by atoms with Crippen molar-refractivity contribution in [1.29, 1.82) is 0 Å². The summed E-state index contributed by atoms with van der Waals surface area (Å²) < 4.78 is -0.941. The second-order valence-electron chi connectivity index (χ2n) is 11.1. The molecular weight excluding hydrogens is 665 g/mol. The lowest BCUT2D eigenvalue weighted by Gasteiger charge is -2.23. The molecule has 1 aliphatic carbocycles. The van der Waals surface area contributed by atoms with Crippen molar-refractivity contribution in [1.82, 2.24) is 4.98 Å². The summed E-state index contributed by atoms with van der Waals surface area (Å²) in [4.78, 5) is 16.2. The summed E-state index contributed by atoms with van der Waals surface area (Å²) >= 11 is 10.1. The van der Waals surface area contributed by atoms with E-state index < -0.39 is 9.58 Å². The molecular formula is C34H33ClINO3S. The van der Waals surface area contributed by atoms with E-state index in [0.29, 0.717) is 5.02 Å². The maximum absolute atomic E-state index is 11.5. The molecule has 1 aliphatic rings. The number of alkyl halides is 1. The van der Waals surface area contributed by atoms with Gasteiger partial charge in [-0.3, -0.25) is 4.79 Å². The standard InChI is InChI=1S/C34H33ClINO3S/c1-33(36,40)29-8-3-2-6-24(29)12-16-31(41-22-34(17-18-34)21-32(38)39)26-7-4-5-23(19-26)9-14-28-15-11-25-10-13-27(35)20-30(25)37-28/h2-11,13-15,19-20,31,40H,12,16-18,21-22H2,1H3,(H,38,39)/b14-9+/t31-,33?/m1/s1. The molecule has 41 heavy (non-hydrogen) atoms. The Kier molecular flexibility index (Phi) is 9.43. The van der Waals surface area contributed by atoms with Gasteiger partial charge in [-0.25, -0.2) is 4.98 Å². The Hall–Kier alpha value is -2.39. The Bertz CT molecular complexity index is 1580. The predicted octanol–water partition coefficient (Wildman–Crippen LogP) is 9.32. The van der Waals surface area contributed by atoms with Gasteiger partial charge in [0.25, 0.3) is 0 Å². The first kappa shape index (κ1) is 30.1. The first-order valence-corrected chi connectivity index (χ1v) is 16.3. The average molecular weight is 698 g/mol. The number of carbonyl (C=O) groups is 1. The molecule has 0 bridgehead atoms. The number of carboxylic acids is 1. The number of hydrogen-bond acceptors (Lipinski definition) is 4. The number of fused-ring (bicyclic) bond motifs is 1. The fourth-order valence-corrected chi connectivity index (χ4v) is 7.47. The molecule has 7 heteroatoms. The third kappa shape index (κ3) is 8.13. The van der Waals surface area contributed by atoms with E-state index in [1.54, 1.807) is 0 Å². The fraction of sp³-hybridized carbons (Fsp3) is 0.294. The number of aliphatic carboxylic acids is 1. The molecule has 0 saturated heterocycles. The highest BCUT2D eigenvalue weighted by atomic mass is 127. The molecule has 1 unspecified atom stereocenters. The number of rotatable bonds is 12. The quantitative estimate of drug-likeness (QED) is 0.114. The number of aliphatic hydroxyl groups is 1. The minimum absolute atomic E-state index is 0.0826. The van der Waals surface area contributed by atoms with Crippen molar-refractivity contribution in [2.24, 2.45) is 5.41 Å². The minimum atomic E-state index is -0.941. The molecule has 3 aromatic carbocycles. The molecule has 1 aromatic heterocycles. The zero-order chi connectivity index (χ0) is 29.0. The van der Waals surface area contributed by atoms with Gasteiger partial charge in [-0.05, 0) is 107 Å². The van der Waals surface area contributed by atoms with Crippen LogP contribution in [0.1, 0.15) is 65.8 Å². The summed E-state index contributed by atoms with van der Waals surface area (Å²) in [5.41, 5.74) is 6.04. The fourth-order valence-electron chi connectivity index (χ4n) is 5.21. The van der Waals surface area contributed by atoms with Gasteiger partial charge in [0, 0.05) is 21.4 Å². The smallest absolute Gasteiger partial charge is 0.303 e. The van der Waals surface area contributed by atoms with Crippen LogP contribution in [-0.2, 0) is 14.8 Å². The molecule has 0 radical (unpaired) electrons. The lowest BCUT2D eigenvalue weighted by Crippen LogP contribution is -2.15. The Labute approximate surface area is 264 Å².